The second-order valence-electron chi connectivity index (χ2n) is 3.78. The summed E-state index contributed by atoms with van der Waals surface area (Å²) in [5.74, 6) is -0.236. The number of hydrogen-bond acceptors (Lipinski definition) is 5. The first kappa shape index (κ1) is 11.3. The van der Waals surface area contributed by atoms with Crippen molar-refractivity contribution in [2.45, 2.75) is 12.8 Å². The van der Waals surface area contributed by atoms with Gasteiger partial charge in [0.05, 0.1) is 12.1 Å². The number of nitrogens with one attached hydrogen (secondary N) is 1. The molecule has 1 fully saturated rings. The van der Waals surface area contributed by atoms with E-state index in [1.54, 1.807) is 0 Å². The monoisotopic (exact) mass is 242 g/mol. The minimum Gasteiger partial charge on any atom is -0.476 e. The van der Waals surface area contributed by atoms with Crippen LogP contribution in [0.4, 0.5) is 5.00 Å². The van der Waals surface area contributed by atoms with E-state index in [2.05, 4.69) is 10.3 Å². The molecular weight excluding hydrogens is 228 g/mol. The van der Waals surface area contributed by atoms with Gasteiger partial charge >= 0.3 is 5.97 Å². The summed E-state index contributed by atoms with van der Waals surface area (Å²) in [6.45, 7) is 2.05. The number of carboxylic acids is 1. The van der Waals surface area contributed by atoms with E-state index >= 15 is 0 Å². The van der Waals surface area contributed by atoms with Crippen LogP contribution in [0.2, 0.25) is 0 Å². The van der Waals surface area contributed by atoms with Crippen LogP contribution in [-0.2, 0) is 4.74 Å². The molecule has 1 saturated carbocycles. The van der Waals surface area contributed by atoms with E-state index < -0.39 is 5.97 Å². The fourth-order valence-corrected chi connectivity index (χ4v) is 2.00. The summed E-state index contributed by atoms with van der Waals surface area (Å²) in [6, 6.07) is 0. The normalized spacial score (nSPS) is 15.0. The quantitative estimate of drug-likeness (QED) is 0.712. The molecule has 2 N–H and O–H groups in total. The highest BCUT2D eigenvalue weighted by Gasteiger charge is 2.20. The smallest absolute Gasteiger partial charge is 0.357 e. The highest BCUT2D eigenvalue weighted by atomic mass is 32.1. The van der Waals surface area contributed by atoms with Crippen LogP contribution >= 0.6 is 11.3 Å². The van der Waals surface area contributed by atoms with Gasteiger partial charge in [0.2, 0.25) is 0 Å². The molecule has 2 rings (SSSR count). The first-order valence-corrected chi connectivity index (χ1v) is 6.13. The van der Waals surface area contributed by atoms with Crippen molar-refractivity contribution >= 4 is 22.3 Å². The lowest BCUT2D eigenvalue weighted by Crippen LogP contribution is -2.12. The number of rotatable bonds is 7. The van der Waals surface area contributed by atoms with Gasteiger partial charge in [-0.2, -0.15) is 0 Å². The van der Waals surface area contributed by atoms with Crippen molar-refractivity contribution in [3.8, 4) is 0 Å². The van der Waals surface area contributed by atoms with Gasteiger partial charge in [0.15, 0.2) is 5.69 Å². The Morgan fingerprint density at radius 2 is 2.50 bits per heavy atom. The summed E-state index contributed by atoms with van der Waals surface area (Å²) >= 11 is 1.30. The Kier molecular flexibility index (Phi) is 3.74. The average molecular weight is 242 g/mol. The molecule has 0 unspecified atom stereocenters. The number of carboxylic acid groups (broad SMARTS) is 1. The van der Waals surface area contributed by atoms with E-state index in [9.17, 15) is 4.79 Å². The van der Waals surface area contributed by atoms with Crippen LogP contribution < -0.4 is 5.32 Å². The largest absolute Gasteiger partial charge is 0.476 e. The van der Waals surface area contributed by atoms with Crippen molar-refractivity contribution in [3.63, 3.8) is 0 Å². The zero-order chi connectivity index (χ0) is 11.4. The molecule has 6 heteroatoms. The van der Waals surface area contributed by atoms with E-state index in [0.29, 0.717) is 18.2 Å². The summed E-state index contributed by atoms with van der Waals surface area (Å²) in [4.78, 5) is 14.5. The van der Waals surface area contributed by atoms with Gasteiger partial charge in [-0.05, 0) is 18.8 Å². The number of nitrogens with zero attached hydrogens (tertiary/aromatic N) is 1. The van der Waals surface area contributed by atoms with Crippen LogP contribution in [0.3, 0.4) is 0 Å². The summed E-state index contributed by atoms with van der Waals surface area (Å²) in [5.41, 5.74) is 1.61. The molecule has 5 nitrogen and oxygen atoms in total. The third-order valence-corrected chi connectivity index (χ3v) is 3.14. The maximum atomic E-state index is 10.7. The molecule has 0 saturated heterocycles. The first-order chi connectivity index (χ1) is 7.77. The molecule has 0 bridgehead atoms. The summed E-state index contributed by atoms with van der Waals surface area (Å²) in [5, 5.41) is 12.4. The third-order valence-electron chi connectivity index (χ3n) is 2.35. The van der Waals surface area contributed by atoms with Crippen LogP contribution in [0.5, 0.6) is 0 Å². The van der Waals surface area contributed by atoms with Gasteiger partial charge in [0.1, 0.15) is 5.00 Å². The molecule has 0 atom stereocenters. The first-order valence-electron chi connectivity index (χ1n) is 5.26. The minimum atomic E-state index is -0.998. The lowest BCUT2D eigenvalue weighted by molar-refractivity contribution is 0.0692. The molecule has 1 aromatic heterocycles. The second kappa shape index (κ2) is 5.27. The van der Waals surface area contributed by atoms with Crippen molar-refractivity contribution in [3.05, 3.63) is 11.2 Å². The maximum Gasteiger partial charge on any atom is 0.357 e. The van der Waals surface area contributed by atoms with Gasteiger partial charge in [-0.25, -0.2) is 9.78 Å². The van der Waals surface area contributed by atoms with Gasteiger partial charge in [0, 0.05) is 13.2 Å². The average Bonchev–Trinajstić information content (AvgIpc) is 2.94. The van der Waals surface area contributed by atoms with Crippen LogP contribution in [0.15, 0.2) is 5.51 Å². The molecule has 0 amide bonds. The number of hydrogen-bond donors (Lipinski definition) is 2. The Hall–Kier alpha value is -1.14. The maximum absolute atomic E-state index is 10.7. The molecule has 0 spiro atoms. The van der Waals surface area contributed by atoms with Crippen LogP contribution in [0.25, 0.3) is 0 Å². The van der Waals surface area contributed by atoms with Gasteiger partial charge in [-0.1, -0.05) is 0 Å². The fraction of sp³-hybridized carbons (Fsp3) is 0.600. The molecular formula is C10H14N2O3S. The number of anilines is 1. The number of thiazole rings is 1. The molecule has 1 aromatic rings. The highest BCUT2D eigenvalue weighted by Crippen LogP contribution is 2.28. The van der Waals surface area contributed by atoms with E-state index in [-0.39, 0.29) is 5.69 Å². The summed E-state index contributed by atoms with van der Waals surface area (Å²) < 4.78 is 5.43. The van der Waals surface area contributed by atoms with Crippen molar-refractivity contribution in [2.24, 2.45) is 5.92 Å². The molecule has 0 aromatic carbocycles. The highest BCUT2D eigenvalue weighted by molar-refractivity contribution is 7.14. The predicted molar refractivity (Wildman–Crippen MR) is 61.1 cm³/mol. The van der Waals surface area contributed by atoms with Gasteiger partial charge in [-0.15, -0.1) is 11.3 Å². The number of carbonyl (C=O) groups is 1. The van der Waals surface area contributed by atoms with E-state index in [1.807, 2.05) is 0 Å². The van der Waals surface area contributed by atoms with Gasteiger partial charge in [0.25, 0.3) is 0 Å². The molecule has 1 aliphatic rings. The SMILES string of the molecule is O=C(O)c1ncsc1NCCOCC1CC1. The lowest BCUT2D eigenvalue weighted by atomic mass is 10.4. The molecule has 16 heavy (non-hydrogen) atoms. The zero-order valence-electron chi connectivity index (χ0n) is 8.81. The second-order valence-corrected chi connectivity index (χ2v) is 4.64. The Morgan fingerprint density at radius 1 is 1.69 bits per heavy atom. The Bertz CT molecular complexity index is 363. The topological polar surface area (TPSA) is 71.5 Å². The van der Waals surface area contributed by atoms with Crippen LogP contribution in [-0.4, -0.2) is 35.8 Å². The summed E-state index contributed by atoms with van der Waals surface area (Å²) in [7, 11) is 0. The van der Waals surface area contributed by atoms with Crippen molar-refractivity contribution in [1.29, 1.82) is 0 Å². The van der Waals surface area contributed by atoms with Crippen molar-refractivity contribution in [2.75, 3.05) is 25.1 Å². The zero-order valence-corrected chi connectivity index (χ0v) is 9.63. The lowest BCUT2D eigenvalue weighted by Gasteiger charge is -2.05. The molecule has 88 valence electrons. The predicted octanol–water partition coefficient (Wildman–Crippen LogP) is 1.68. The van der Waals surface area contributed by atoms with E-state index in [0.717, 1.165) is 12.5 Å². The Balaban J connectivity index is 1.67. The number of ether oxygens (including phenoxy) is 1. The third kappa shape index (κ3) is 3.18. The van der Waals surface area contributed by atoms with Crippen LogP contribution in [0, 0.1) is 5.92 Å². The number of aromatic nitrogens is 1. The van der Waals surface area contributed by atoms with E-state index in [4.69, 9.17) is 9.84 Å². The Morgan fingerprint density at radius 3 is 3.19 bits per heavy atom. The Labute approximate surface area is 97.5 Å². The molecule has 1 aliphatic carbocycles. The standard InChI is InChI=1S/C10H14N2O3S/c13-10(14)8-9(16-6-12-8)11-3-4-15-5-7-1-2-7/h6-7,11H,1-5H2,(H,13,14). The molecule has 0 aliphatic heterocycles. The van der Waals surface area contributed by atoms with Gasteiger partial charge in [-0.3, -0.25) is 0 Å². The molecule has 0 radical (unpaired) electrons. The van der Waals surface area contributed by atoms with Crippen molar-refractivity contribution in [1.82, 2.24) is 4.98 Å². The van der Waals surface area contributed by atoms with E-state index in [1.165, 1.54) is 29.7 Å². The van der Waals surface area contributed by atoms with Crippen molar-refractivity contribution < 1.29 is 14.6 Å². The van der Waals surface area contributed by atoms with Gasteiger partial charge < -0.3 is 15.2 Å². The number of aromatic carboxylic acids is 1. The minimum absolute atomic E-state index is 0.0900. The summed E-state index contributed by atoms with van der Waals surface area (Å²) in [6.07, 6.45) is 2.57. The molecule has 1 heterocycles. The fourth-order valence-electron chi connectivity index (χ4n) is 1.30. The van der Waals surface area contributed by atoms with Crippen LogP contribution in [0.1, 0.15) is 23.3 Å².